The van der Waals surface area contributed by atoms with E-state index in [0.717, 1.165) is 46.0 Å². The number of piperidine rings is 1. The molecule has 0 radical (unpaired) electrons. The van der Waals surface area contributed by atoms with Gasteiger partial charge in [0.15, 0.2) is 11.0 Å². The van der Waals surface area contributed by atoms with Crippen LogP contribution in [0.2, 0.25) is 0 Å². The molecule has 0 bridgehead atoms. The van der Waals surface area contributed by atoms with Crippen LogP contribution in [0.5, 0.6) is 5.75 Å². The van der Waals surface area contributed by atoms with Crippen molar-refractivity contribution in [1.29, 1.82) is 0 Å². The molecule has 1 amide bonds. The Labute approximate surface area is 237 Å². The van der Waals surface area contributed by atoms with Crippen molar-refractivity contribution in [3.63, 3.8) is 0 Å². The van der Waals surface area contributed by atoms with E-state index in [1.54, 1.807) is 18.9 Å². The zero-order valence-corrected chi connectivity index (χ0v) is 24.0. The van der Waals surface area contributed by atoms with Crippen LogP contribution in [-0.4, -0.2) is 63.3 Å². The predicted molar refractivity (Wildman–Crippen MR) is 157 cm³/mol. The van der Waals surface area contributed by atoms with Crippen LogP contribution in [0.25, 0.3) is 17.1 Å². The van der Waals surface area contributed by atoms with Gasteiger partial charge >= 0.3 is 0 Å². The van der Waals surface area contributed by atoms with E-state index in [-0.39, 0.29) is 5.91 Å². The fraction of sp³-hybridized carbons (Fsp3) is 0.379. The second kappa shape index (κ2) is 13.2. The Kier molecular flexibility index (Phi) is 9.28. The van der Waals surface area contributed by atoms with E-state index < -0.39 is 0 Å². The lowest BCUT2D eigenvalue weighted by molar-refractivity contribution is 0.0944. The van der Waals surface area contributed by atoms with Crippen molar-refractivity contribution >= 4 is 29.0 Å². The number of carbonyl (C=O) groups excluding carboxylic acids is 1. The summed E-state index contributed by atoms with van der Waals surface area (Å²) in [6, 6.07) is 18.5. The van der Waals surface area contributed by atoms with Gasteiger partial charge < -0.3 is 15.0 Å². The third-order valence-electron chi connectivity index (χ3n) is 6.93. The van der Waals surface area contributed by atoms with Crippen molar-refractivity contribution < 1.29 is 9.53 Å². The number of thiazole rings is 1. The Morgan fingerprint density at radius 1 is 1.15 bits per heavy atom. The number of hydrogen-bond donors (Lipinski definition) is 1. The van der Waals surface area contributed by atoms with Crippen LogP contribution in [0.1, 0.15) is 48.1 Å². The molecule has 10 heteroatoms. The molecule has 5 rings (SSSR count). The molecule has 4 aromatic rings. The number of benzene rings is 2. The number of aromatic nitrogens is 4. The fourth-order valence-electron chi connectivity index (χ4n) is 4.79. The summed E-state index contributed by atoms with van der Waals surface area (Å²) in [5.41, 5.74) is 2.37. The second-order valence-corrected chi connectivity index (χ2v) is 11.5. The molecule has 39 heavy (non-hydrogen) atoms. The molecule has 1 saturated heterocycles. The number of amides is 1. The third-order valence-corrected chi connectivity index (χ3v) is 8.90. The zero-order valence-electron chi connectivity index (χ0n) is 22.4. The minimum atomic E-state index is -0.109. The molecule has 204 valence electrons. The van der Waals surface area contributed by atoms with E-state index in [4.69, 9.17) is 4.74 Å². The van der Waals surface area contributed by atoms with Crippen molar-refractivity contribution in [3.8, 4) is 22.8 Å². The van der Waals surface area contributed by atoms with Crippen molar-refractivity contribution in [2.45, 2.75) is 49.6 Å². The molecule has 1 aliphatic rings. The minimum absolute atomic E-state index is 0.109. The average Bonchev–Trinajstić information content (AvgIpc) is 3.63. The quantitative estimate of drug-likeness (QED) is 0.186. The summed E-state index contributed by atoms with van der Waals surface area (Å²) in [5, 5.41) is 15.5. The van der Waals surface area contributed by atoms with Gasteiger partial charge in [-0.3, -0.25) is 9.36 Å². The Morgan fingerprint density at radius 3 is 2.85 bits per heavy atom. The van der Waals surface area contributed by atoms with Crippen molar-refractivity contribution in [3.05, 3.63) is 70.7 Å². The Hall–Kier alpha value is -3.21. The summed E-state index contributed by atoms with van der Waals surface area (Å²) < 4.78 is 7.46. The third kappa shape index (κ3) is 6.87. The number of methoxy groups -OCH3 is 1. The maximum atomic E-state index is 12.7. The molecule has 1 unspecified atom stereocenters. The summed E-state index contributed by atoms with van der Waals surface area (Å²) in [5.74, 6) is 1.98. The SMILES string of the molecule is COc1cccc(-c2nnc(SCc3nc(C(=O)NCCCN4CCCCC4C)cs3)n2-c2ccccc2)c1. The van der Waals surface area contributed by atoms with E-state index in [1.165, 1.54) is 37.1 Å². The van der Waals surface area contributed by atoms with Crippen molar-refractivity contribution in [2.24, 2.45) is 0 Å². The van der Waals surface area contributed by atoms with Gasteiger partial charge in [-0.25, -0.2) is 4.98 Å². The first-order chi connectivity index (χ1) is 19.1. The van der Waals surface area contributed by atoms with E-state index in [2.05, 4.69) is 32.3 Å². The number of nitrogens with zero attached hydrogens (tertiary/aromatic N) is 5. The number of likely N-dealkylation sites (tertiary alicyclic amines) is 1. The van der Waals surface area contributed by atoms with Gasteiger partial charge in [-0.1, -0.05) is 48.5 Å². The fourth-order valence-corrected chi connectivity index (χ4v) is 6.54. The number of nitrogens with one attached hydrogen (secondary N) is 1. The normalized spacial score (nSPS) is 15.8. The van der Waals surface area contributed by atoms with E-state index in [0.29, 0.717) is 24.0 Å². The molecule has 0 saturated carbocycles. The molecular weight excluding hydrogens is 528 g/mol. The lowest BCUT2D eigenvalue weighted by Crippen LogP contribution is -2.39. The monoisotopic (exact) mass is 562 g/mol. The van der Waals surface area contributed by atoms with Crippen LogP contribution >= 0.6 is 23.1 Å². The van der Waals surface area contributed by atoms with E-state index >= 15 is 0 Å². The highest BCUT2D eigenvalue weighted by molar-refractivity contribution is 7.98. The van der Waals surface area contributed by atoms with Gasteiger partial charge in [0, 0.05) is 35.8 Å². The average molecular weight is 563 g/mol. The summed E-state index contributed by atoms with van der Waals surface area (Å²) >= 11 is 3.05. The number of rotatable bonds is 11. The molecule has 0 aliphatic carbocycles. The van der Waals surface area contributed by atoms with Crippen LogP contribution in [0.15, 0.2) is 65.1 Å². The predicted octanol–water partition coefficient (Wildman–Crippen LogP) is 5.69. The summed E-state index contributed by atoms with van der Waals surface area (Å²) in [6.45, 7) is 5.16. The summed E-state index contributed by atoms with van der Waals surface area (Å²) in [6.07, 6.45) is 4.83. The lowest BCUT2D eigenvalue weighted by Gasteiger charge is -2.33. The lowest BCUT2D eigenvalue weighted by atomic mass is 10.0. The summed E-state index contributed by atoms with van der Waals surface area (Å²) in [4.78, 5) is 19.8. The first-order valence-electron chi connectivity index (χ1n) is 13.4. The Bertz CT molecular complexity index is 1370. The number of carbonyl (C=O) groups is 1. The maximum absolute atomic E-state index is 12.7. The molecule has 1 N–H and O–H groups in total. The van der Waals surface area contributed by atoms with Gasteiger partial charge in [0.2, 0.25) is 0 Å². The number of thioether (sulfide) groups is 1. The standard InChI is InChI=1S/C29H34N6O2S2/c1-21-10-6-7-16-34(21)17-9-15-30-28(36)25-19-38-26(31-25)20-39-29-33-32-27(22-11-8-14-24(18-22)37-2)35(29)23-12-4-3-5-13-23/h3-5,8,11-14,18-19,21H,6-7,9-10,15-17,20H2,1-2H3,(H,30,36). The molecule has 2 aromatic carbocycles. The first-order valence-corrected chi connectivity index (χ1v) is 15.2. The van der Waals surface area contributed by atoms with E-state index in [1.807, 2.05) is 64.5 Å². The smallest absolute Gasteiger partial charge is 0.270 e. The number of ether oxygens (including phenoxy) is 1. The topological polar surface area (TPSA) is 85.2 Å². The highest BCUT2D eigenvalue weighted by Gasteiger charge is 2.19. The van der Waals surface area contributed by atoms with Gasteiger partial charge in [-0.15, -0.1) is 21.5 Å². The molecule has 1 fully saturated rings. The Morgan fingerprint density at radius 2 is 2.03 bits per heavy atom. The van der Waals surface area contributed by atoms with Gasteiger partial charge in [-0.2, -0.15) is 0 Å². The van der Waals surface area contributed by atoms with Crippen molar-refractivity contribution in [1.82, 2.24) is 30.0 Å². The second-order valence-electron chi connectivity index (χ2n) is 9.61. The van der Waals surface area contributed by atoms with Crippen LogP contribution in [0.3, 0.4) is 0 Å². The molecule has 3 heterocycles. The van der Waals surface area contributed by atoms with E-state index in [9.17, 15) is 4.79 Å². The zero-order chi connectivity index (χ0) is 27.0. The maximum Gasteiger partial charge on any atom is 0.270 e. The molecule has 0 spiro atoms. The molecule has 8 nitrogen and oxygen atoms in total. The molecular formula is C29H34N6O2S2. The number of para-hydroxylation sites is 1. The number of hydrogen-bond acceptors (Lipinski definition) is 8. The van der Waals surface area contributed by atoms with Crippen LogP contribution in [0.4, 0.5) is 0 Å². The van der Waals surface area contributed by atoms with Gasteiger partial charge in [0.25, 0.3) is 5.91 Å². The highest BCUT2D eigenvalue weighted by atomic mass is 32.2. The largest absolute Gasteiger partial charge is 0.497 e. The minimum Gasteiger partial charge on any atom is -0.497 e. The molecule has 1 aliphatic heterocycles. The van der Waals surface area contributed by atoms with Gasteiger partial charge in [-0.05, 0) is 57.0 Å². The first kappa shape index (κ1) is 27.4. The Balaban J connectivity index is 1.22. The highest BCUT2D eigenvalue weighted by Crippen LogP contribution is 2.31. The van der Waals surface area contributed by atoms with Crippen LogP contribution in [0, 0.1) is 0 Å². The summed E-state index contributed by atoms with van der Waals surface area (Å²) in [7, 11) is 1.65. The molecule has 1 atom stereocenters. The van der Waals surface area contributed by atoms with Crippen molar-refractivity contribution in [2.75, 3.05) is 26.7 Å². The van der Waals surface area contributed by atoms with Crippen LogP contribution < -0.4 is 10.1 Å². The van der Waals surface area contributed by atoms with Gasteiger partial charge in [0.1, 0.15) is 16.5 Å². The van der Waals surface area contributed by atoms with Crippen LogP contribution in [-0.2, 0) is 5.75 Å². The molecule has 2 aromatic heterocycles. The van der Waals surface area contributed by atoms with Gasteiger partial charge in [0.05, 0.1) is 12.9 Å².